The molecule has 0 bridgehead atoms. The van der Waals surface area contributed by atoms with E-state index in [4.69, 9.17) is 4.74 Å². The molecule has 1 heterocycles. The van der Waals surface area contributed by atoms with Gasteiger partial charge in [0.25, 0.3) is 0 Å². The van der Waals surface area contributed by atoms with Crippen LogP contribution in [0, 0.1) is 5.92 Å². The Bertz CT molecular complexity index is 526. The van der Waals surface area contributed by atoms with Gasteiger partial charge in [0.15, 0.2) is 0 Å². The minimum absolute atomic E-state index is 0.0123. The van der Waals surface area contributed by atoms with Crippen LogP contribution in [0.2, 0.25) is 0 Å². The van der Waals surface area contributed by atoms with Crippen molar-refractivity contribution in [1.29, 1.82) is 0 Å². The van der Waals surface area contributed by atoms with Gasteiger partial charge in [0, 0.05) is 6.04 Å². The van der Waals surface area contributed by atoms with Crippen LogP contribution in [0.5, 0.6) is 5.75 Å². The number of rotatable bonds is 2. The molecule has 0 radical (unpaired) electrons. The maximum Gasteiger partial charge on any atom is 0.328 e. The minimum atomic E-state index is -0.316. The van der Waals surface area contributed by atoms with Gasteiger partial charge in [-0.15, -0.1) is 0 Å². The molecule has 0 aromatic heterocycles. The highest BCUT2D eigenvalue weighted by molar-refractivity contribution is 6.17. The summed E-state index contributed by atoms with van der Waals surface area (Å²) in [4.78, 5) is 26.0. The van der Waals surface area contributed by atoms with Crippen LogP contribution < -0.4 is 15.0 Å². The molecule has 2 unspecified atom stereocenters. The van der Waals surface area contributed by atoms with Gasteiger partial charge in [-0.1, -0.05) is 12.8 Å². The monoisotopic (exact) mass is 274 g/mol. The molecule has 20 heavy (non-hydrogen) atoms. The molecule has 3 rings (SSSR count). The van der Waals surface area contributed by atoms with Crippen molar-refractivity contribution in [2.24, 2.45) is 5.92 Å². The third kappa shape index (κ3) is 2.13. The molecule has 3 amide bonds. The molecule has 1 saturated heterocycles. The van der Waals surface area contributed by atoms with Crippen LogP contribution in [0.25, 0.3) is 0 Å². The standard InChI is InChI=1S/C15H18N2O3/c1-20-11-8-6-10(7-9-11)17-14(18)12-4-2-3-5-13(12)16-15(17)19/h6-9,12-13H,2-5H2,1H3,(H,16,19). The first kappa shape index (κ1) is 13.0. The van der Waals surface area contributed by atoms with Crippen LogP contribution in [-0.4, -0.2) is 25.1 Å². The molecule has 2 aliphatic rings. The molecule has 5 nitrogen and oxygen atoms in total. The Morgan fingerprint density at radius 2 is 1.85 bits per heavy atom. The number of methoxy groups -OCH3 is 1. The lowest BCUT2D eigenvalue weighted by Gasteiger charge is -2.39. The molecule has 1 N–H and O–H groups in total. The van der Waals surface area contributed by atoms with Crippen molar-refractivity contribution < 1.29 is 14.3 Å². The van der Waals surface area contributed by atoms with Crippen molar-refractivity contribution in [3.8, 4) is 5.75 Å². The SMILES string of the molecule is COc1ccc(N2C(=O)NC3CCCCC3C2=O)cc1. The van der Waals surface area contributed by atoms with Gasteiger partial charge in [-0.05, 0) is 37.1 Å². The van der Waals surface area contributed by atoms with E-state index in [-0.39, 0.29) is 23.9 Å². The summed E-state index contributed by atoms with van der Waals surface area (Å²) < 4.78 is 5.09. The van der Waals surface area contributed by atoms with E-state index in [9.17, 15) is 9.59 Å². The first-order valence-corrected chi connectivity index (χ1v) is 6.99. The number of carbonyl (C=O) groups is 2. The predicted octanol–water partition coefficient (Wildman–Crippen LogP) is 2.31. The lowest BCUT2D eigenvalue weighted by Crippen LogP contribution is -2.61. The molecule has 106 valence electrons. The van der Waals surface area contributed by atoms with Crippen LogP contribution >= 0.6 is 0 Å². The summed E-state index contributed by atoms with van der Waals surface area (Å²) in [5, 5.41) is 2.96. The normalized spacial score (nSPS) is 25.9. The number of amides is 3. The van der Waals surface area contributed by atoms with Crippen LogP contribution in [-0.2, 0) is 4.79 Å². The highest BCUT2D eigenvalue weighted by atomic mass is 16.5. The van der Waals surface area contributed by atoms with Crippen LogP contribution in [0.15, 0.2) is 24.3 Å². The fourth-order valence-corrected chi connectivity index (χ4v) is 3.06. The van der Waals surface area contributed by atoms with Gasteiger partial charge in [-0.25, -0.2) is 9.69 Å². The summed E-state index contributed by atoms with van der Waals surface area (Å²) >= 11 is 0. The van der Waals surface area contributed by atoms with E-state index < -0.39 is 0 Å². The number of ether oxygens (including phenoxy) is 1. The number of carbonyl (C=O) groups excluding carboxylic acids is 2. The topological polar surface area (TPSA) is 58.6 Å². The first-order valence-electron chi connectivity index (χ1n) is 6.99. The van der Waals surface area contributed by atoms with E-state index in [1.54, 1.807) is 31.4 Å². The van der Waals surface area contributed by atoms with Crippen LogP contribution in [0.3, 0.4) is 0 Å². The average Bonchev–Trinajstić information content (AvgIpc) is 2.48. The van der Waals surface area contributed by atoms with E-state index in [2.05, 4.69) is 5.32 Å². The number of fused-ring (bicyclic) bond motifs is 1. The van der Waals surface area contributed by atoms with Crippen molar-refractivity contribution in [3.63, 3.8) is 0 Å². The summed E-state index contributed by atoms with van der Waals surface area (Å²) in [5.41, 5.74) is 0.595. The van der Waals surface area contributed by atoms with Gasteiger partial charge < -0.3 is 10.1 Å². The van der Waals surface area contributed by atoms with E-state index >= 15 is 0 Å². The molecule has 0 spiro atoms. The number of nitrogens with zero attached hydrogens (tertiary/aromatic N) is 1. The van der Waals surface area contributed by atoms with Gasteiger partial charge in [0.2, 0.25) is 5.91 Å². The summed E-state index contributed by atoms with van der Waals surface area (Å²) in [6.45, 7) is 0. The van der Waals surface area contributed by atoms with Gasteiger partial charge in [0.05, 0.1) is 18.7 Å². The number of hydrogen-bond donors (Lipinski definition) is 1. The van der Waals surface area contributed by atoms with Gasteiger partial charge in [-0.2, -0.15) is 0 Å². The molecule has 1 aliphatic carbocycles. The maximum atomic E-state index is 12.6. The zero-order chi connectivity index (χ0) is 14.1. The summed E-state index contributed by atoms with van der Waals surface area (Å²) in [6.07, 6.45) is 3.89. The second-order valence-corrected chi connectivity index (χ2v) is 5.32. The Balaban J connectivity index is 1.87. The fraction of sp³-hybridized carbons (Fsp3) is 0.467. The van der Waals surface area contributed by atoms with Crippen molar-refractivity contribution in [2.75, 3.05) is 12.0 Å². The molecule has 1 aliphatic heterocycles. The van der Waals surface area contributed by atoms with Gasteiger partial charge >= 0.3 is 6.03 Å². The molecule has 1 saturated carbocycles. The third-order valence-corrected chi connectivity index (χ3v) is 4.15. The van der Waals surface area contributed by atoms with E-state index in [0.717, 1.165) is 25.7 Å². The van der Waals surface area contributed by atoms with E-state index in [0.29, 0.717) is 11.4 Å². The number of imide groups is 1. The summed E-state index contributed by atoms with van der Waals surface area (Å²) in [6, 6.07) is 6.67. The molecular formula is C15H18N2O3. The van der Waals surface area contributed by atoms with E-state index in [1.807, 2.05) is 0 Å². The molecule has 1 aromatic carbocycles. The Morgan fingerprint density at radius 3 is 2.55 bits per heavy atom. The highest BCUT2D eigenvalue weighted by Gasteiger charge is 2.42. The van der Waals surface area contributed by atoms with Crippen molar-refractivity contribution in [2.45, 2.75) is 31.7 Å². The number of nitrogens with one attached hydrogen (secondary N) is 1. The van der Waals surface area contributed by atoms with E-state index in [1.165, 1.54) is 4.90 Å². The number of urea groups is 1. The smallest absolute Gasteiger partial charge is 0.328 e. The number of hydrogen-bond acceptors (Lipinski definition) is 3. The summed E-state index contributed by atoms with van der Waals surface area (Å²) in [7, 11) is 1.58. The maximum absolute atomic E-state index is 12.6. The largest absolute Gasteiger partial charge is 0.497 e. The Kier molecular flexibility index (Phi) is 3.34. The van der Waals surface area contributed by atoms with Crippen molar-refractivity contribution in [3.05, 3.63) is 24.3 Å². The number of benzene rings is 1. The highest BCUT2D eigenvalue weighted by Crippen LogP contribution is 2.32. The lowest BCUT2D eigenvalue weighted by atomic mass is 9.82. The molecular weight excluding hydrogens is 256 g/mol. The van der Waals surface area contributed by atoms with Crippen molar-refractivity contribution >= 4 is 17.6 Å². The molecule has 1 aromatic rings. The Labute approximate surface area is 117 Å². The molecule has 2 fully saturated rings. The molecule has 5 heteroatoms. The zero-order valence-electron chi connectivity index (χ0n) is 11.5. The zero-order valence-corrected chi connectivity index (χ0v) is 11.5. The Hall–Kier alpha value is -2.04. The second kappa shape index (κ2) is 5.15. The van der Waals surface area contributed by atoms with Crippen molar-refractivity contribution in [1.82, 2.24) is 5.32 Å². The fourth-order valence-electron chi connectivity index (χ4n) is 3.06. The first-order chi connectivity index (χ1) is 9.70. The lowest BCUT2D eigenvalue weighted by molar-refractivity contribution is -0.124. The average molecular weight is 274 g/mol. The molecule has 2 atom stereocenters. The van der Waals surface area contributed by atoms with Gasteiger partial charge in [-0.3, -0.25) is 4.79 Å². The predicted molar refractivity (Wildman–Crippen MR) is 74.8 cm³/mol. The van der Waals surface area contributed by atoms with Crippen LogP contribution in [0.4, 0.5) is 10.5 Å². The quantitative estimate of drug-likeness (QED) is 0.900. The second-order valence-electron chi connectivity index (χ2n) is 5.32. The van der Waals surface area contributed by atoms with Crippen LogP contribution in [0.1, 0.15) is 25.7 Å². The number of anilines is 1. The summed E-state index contributed by atoms with van der Waals surface area (Å²) in [5.74, 6) is 0.543. The van der Waals surface area contributed by atoms with Gasteiger partial charge in [0.1, 0.15) is 5.75 Å². The Morgan fingerprint density at radius 1 is 1.15 bits per heavy atom. The minimum Gasteiger partial charge on any atom is -0.497 e. The third-order valence-electron chi connectivity index (χ3n) is 4.15.